The maximum absolute atomic E-state index is 12.4. The number of halogens is 1. The van der Waals surface area contributed by atoms with Crippen LogP contribution in [0.15, 0.2) is 0 Å². The molecule has 0 aromatic rings. The zero-order chi connectivity index (χ0) is 12.3. The molecule has 2 aliphatic rings. The Morgan fingerprint density at radius 1 is 1.12 bits per heavy atom. The molecule has 1 aliphatic carbocycles. The molecule has 0 aromatic heterocycles. The standard InChI is InChI=1S/C12H22ClNO2S/c13-8-7-11-4-3-9-14(10-11)17(15,16)12-5-1-2-6-12/h11-12H,1-10H2. The topological polar surface area (TPSA) is 37.4 Å². The van der Waals surface area contributed by atoms with Crippen LogP contribution in [0.5, 0.6) is 0 Å². The summed E-state index contributed by atoms with van der Waals surface area (Å²) in [6, 6.07) is 0. The lowest BCUT2D eigenvalue weighted by Gasteiger charge is -2.33. The molecule has 2 fully saturated rings. The molecule has 0 amide bonds. The van der Waals surface area contributed by atoms with E-state index < -0.39 is 10.0 Å². The van der Waals surface area contributed by atoms with Gasteiger partial charge >= 0.3 is 0 Å². The Bertz CT molecular complexity index is 336. The monoisotopic (exact) mass is 279 g/mol. The van der Waals surface area contributed by atoms with Gasteiger partial charge in [-0.25, -0.2) is 12.7 Å². The fourth-order valence-electron chi connectivity index (χ4n) is 3.04. The Hall–Kier alpha value is 0.200. The Balaban J connectivity index is 2.00. The Morgan fingerprint density at radius 3 is 2.47 bits per heavy atom. The van der Waals surface area contributed by atoms with E-state index in [1.165, 1.54) is 0 Å². The lowest BCUT2D eigenvalue weighted by Crippen LogP contribution is -2.44. The summed E-state index contributed by atoms with van der Waals surface area (Å²) in [4.78, 5) is 0. The zero-order valence-electron chi connectivity index (χ0n) is 10.3. The number of alkyl halides is 1. The third-order valence-electron chi connectivity index (χ3n) is 4.08. The first-order chi connectivity index (χ1) is 8.14. The van der Waals surface area contributed by atoms with Gasteiger partial charge in [0.1, 0.15) is 0 Å². The lowest BCUT2D eigenvalue weighted by molar-refractivity contribution is 0.260. The second kappa shape index (κ2) is 5.89. The van der Waals surface area contributed by atoms with Crippen LogP contribution >= 0.6 is 11.6 Å². The number of nitrogens with zero attached hydrogens (tertiary/aromatic N) is 1. The predicted molar refractivity (Wildman–Crippen MR) is 70.8 cm³/mol. The van der Waals surface area contributed by atoms with Crippen molar-refractivity contribution < 1.29 is 8.42 Å². The van der Waals surface area contributed by atoms with Crippen molar-refractivity contribution in [2.24, 2.45) is 5.92 Å². The summed E-state index contributed by atoms with van der Waals surface area (Å²) < 4.78 is 26.6. The summed E-state index contributed by atoms with van der Waals surface area (Å²) in [5.74, 6) is 1.11. The first kappa shape index (κ1) is 13.6. The first-order valence-electron chi connectivity index (χ1n) is 6.69. The summed E-state index contributed by atoms with van der Waals surface area (Å²) in [7, 11) is -3.02. The summed E-state index contributed by atoms with van der Waals surface area (Å²) in [6.07, 6.45) is 6.93. The fourth-order valence-corrected chi connectivity index (χ4v) is 5.51. The average molecular weight is 280 g/mol. The van der Waals surface area contributed by atoms with Gasteiger partial charge in [-0.05, 0) is 38.0 Å². The third kappa shape index (κ3) is 3.15. The molecule has 17 heavy (non-hydrogen) atoms. The van der Waals surface area contributed by atoms with Crippen molar-refractivity contribution >= 4 is 21.6 Å². The SMILES string of the molecule is O=S(=O)(C1CCCC1)N1CCCC(CCCl)C1. The fraction of sp³-hybridized carbons (Fsp3) is 1.00. The van der Waals surface area contributed by atoms with Crippen molar-refractivity contribution in [3.05, 3.63) is 0 Å². The third-order valence-corrected chi connectivity index (χ3v) is 6.67. The van der Waals surface area contributed by atoms with Gasteiger partial charge in [-0.1, -0.05) is 12.8 Å². The molecule has 0 radical (unpaired) electrons. The molecule has 1 saturated heterocycles. The second-order valence-electron chi connectivity index (χ2n) is 5.30. The van der Waals surface area contributed by atoms with E-state index in [2.05, 4.69) is 0 Å². The van der Waals surface area contributed by atoms with Gasteiger partial charge in [-0.15, -0.1) is 11.6 Å². The highest BCUT2D eigenvalue weighted by atomic mass is 35.5. The van der Waals surface area contributed by atoms with Crippen LogP contribution < -0.4 is 0 Å². The van der Waals surface area contributed by atoms with Crippen LogP contribution in [0.3, 0.4) is 0 Å². The molecule has 1 unspecified atom stereocenters. The molecule has 0 N–H and O–H groups in total. The largest absolute Gasteiger partial charge is 0.216 e. The summed E-state index contributed by atoms with van der Waals surface area (Å²) in [5.41, 5.74) is 0. The number of sulfonamides is 1. The van der Waals surface area contributed by atoms with E-state index in [1.54, 1.807) is 4.31 Å². The quantitative estimate of drug-likeness (QED) is 0.742. The summed E-state index contributed by atoms with van der Waals surface area (Å²) >= 11 is 5.76. The Labute approximate surface area is 110 Å². The van der Waals surface area contributed by atoms with Gasteiger partial charge in [0.15, 0.2) is 0 Å². The average Bonchev–Trinajstić information content (AvgIpc) is 2.84. The first-order valence-corrected chi connectivity index (χ1v) is 8.73. The van der Waals surface area contributed by atoms with Crippen LogP contribution in [0.2, 0.25) is 0 Å². The summed E-state index contributed by atoms with van der Waals surface area (Å²) in [5, 5.41) is -0.0998. The van der Waals surface area contributed by atoms with Crippen molar-refractivity contribution in [3.8, 4) is 0 Å². The highest BCUT2D eigenvalue weighted by Gasteiger charge is 2.36. The second-order valence-corrected chi connectivity index (χ2v) is 7.89. The van der Waals surface area contributed by atoms with E-state index in [0.29, 0.717) is 18.3 Å². The van der Waals surface area contributed by atoms with Gasteiger partial charge in [0.25, 0.3) is 0 Å². The van der Waals surface area contributed by atoms with Crippen LogP contribution in [0, 0.1) is 5.92 Å². The van der Waals surface area contributed by atoms with Gasteiger partial charge in [-0.2, -0.15) is 0 Å². The van der Waals surface area contributed by atoms with Crippen molar-refractivity contribution in [2.45, 2.75) is 50.2 Å². The minimum absolute atomic E-state index is 0.0998. The van der Waals surface area contributed by atoms with E-state index >= 15 is 0 Å². The maximum atomic E-state index is 12.4. The van der Waals surface area contributed by atoms with E-state index in [0.717, 1.165) is 51.5 Å². The van der Waals surface area contributed by atoms with Crippen LogP contribution in [0.1, 0.15) is 44.9 Å². The maximum Gasteiger partial charge on any atom is 0.216 e. The predicted octanol–water partition coefficient (Wildman–Crippen LogP) is 2.60. The van der Waals surface area contributed by atoms with E-state index in [1.807, 2.05) is 0 Å². The van der Waals surface area contributed by atoms with Crippen molar-refractivity contribution in [1.82, 2.24) is 4.31 Å². The van der Waals surface area contributed by atoms with Gasteiger partial charge in [0, 0.05) is 19.0 Å². The van der Waals surface area contributed by atoms with Crippen molar-refractivity contribution in [2.75, 3.05) is 19.0 Å². The Kier molecular flexibility index (Phi) is 4.72. The van der Waals surface area contributed by atoms with Gasteiger partial charge in [0.05, 0.1) is 5.25 Å². The molecular weight excluding hydrogens is 258 g/mol. The molecule has 5 heteroatoms. The number of piperidine rings is 1. The van der Waals surface area contributed by atoms with E-state index in [-0.39, 0.29) is 5.25 Å². The van der Waals surface area contributed by atoms with Gasteiger partial charge in [-0.3, -0.25) is 0 Å². The zero-order valence-corrected chi connectivity index (χ0v) is 11.8. The molecule has 1 aliphatic heterocycles. The Morgan fingerprint density at radius 2 is 1.82 bits per heavy atom. The van der Waals surface area contributed by atoms with Crippen molar-refractivity contribution in [3.63, 3.8) is 0 Å². The molecule has 1 atom stereocenters. The molecule has 0 aromatic carbocycles. The smallest absolute Gasteiger partial charge is 0.212 e. The van der Waals surface area contributed by atoms with Crippen molar-refractivity contribution in [1.29, 1.82) is 0 Å². The van der Waals surface area contributed by atoms with E-state index in [9.17, 15) is 8.42 Å². The molecule has 1 saturated carbocycles. The normalized spacial score (nSPS) is 28.6. The van der Waals surface area contributed by atoms with Gasteiger partial charge in [0.2, 0.25) is 10.0 Å². The number of rotatable bonds is 4. The molecule has 2 rings (SSSR count). The number of hydrogen-bond acceptors (Lipinski definition) is 2. The molecule has 0 bridgehead atoms. The highest BCUT2D eigenvalue weighted by Crippen LogP contribution is 2.30. The minimum atomic E-state index is -3.02. The molecule has 0 spiro atoms. The molecule has 3 nitrogen and oxygen atoms in total. The van der Waals surface area contributed by atoms with Gasteiger partial charge < -0.3 is 0 Å². The minimum Gasteiger partial charge on any atom is -0.212 e. The molecule has 100 valence electrons. The highest BCUT2D eigenvalue weighted by molar-refractivity contribution is 7.89. The number of hydrogen-bond donors (Lipinski definition) is 0. The van der Waals surface area contributed by atoms with Crippen LogP contribution in [-0.4, -0.2) is 36.9 Å². The van der Waals surface area contributed by atoms with Crippen LogP contribution in [-0.2, 0) is 10.0 Å². The van der Waals surface area contributed by atoms with Crippen LogP contribution in [0.25, 0.3) is 0 Å². The molecular formula is C12H22ClNO2S. The van der Waals surface area contributed by atoms with Crippen LogP contribution in [0.4, 0.5) is 0 Å². The molecule has 1 heterocycles. The van der Waals surface area contributed by atoms with E-state index in [4.69, 9.17) is 11.6 Å². The summed E-state index contributed by atoms with van der Waals surface area (Å²) in [6.45, 7) is 1.42. The lowest BCUT2D eigenvalue weighted by atomic mass is 9.97.